The largest absolute Gasteiger partial charge is 0.466 e. The maximum Gasteiger partial charge on any atom is 0.137 e. The highest BCUT2D eigenvalue weighted by molar-refractivity contribution is 9.10. The lowest BCUT2D eigenvalue weighted by Gasteiger charge is -2.16. The van der Waals surface area contributed by atoms with E-state index in [4.69, 9.17) is 4.42 Å². The van der Waals surface area contributed by atoms with Gasteiger partial charge in [0.25, 0.3) is 0 Å². The van der Waals surface area contributed by atoms with Crippen molar-refractivity contribution in [3.8, 4) is 0 Å². The molecular weight excluding hydrogens is 297 g/mol. The van der Waals surface area contributed by atoms with Crippen LogP contribution in [0.5, 0.6) is 0 Å². The molecule has 0 aliphatic heterocycles. The molecule has 0 aliphatic carbocycles. The van der Waals surface area contributed by atoms with Gasteiger partial charge in [0.05, 0.1) is 10.5 Å². The molecule has 18 heavy (non-hydrogen) atoms. The summed E-state index contributed by atoms with van der Waals surface area (Å²) in [5.41, 5.74) is 1.92. The van der Waals surface area contributed by atoms with Gasteiger partial charge in [-0.15, -0.1) is 0 Å². The second kappa shape index (κ2) is 5.24. The number of furan rings is 1. The lowest BCUT2D eigenvalue weighted by Crippen LogP contribution is -2.18. The molecule has 0 spiro atoms. The van der Waals surface area contributed by atoms with Crippen molar-refractivity contribution in [2.45, 2.75) is 19.9 Å². The number of halogens is 2. The fourth-order valence-corrected chi connectivity index (χ4v) is 2.38. The van der Waals surface area contributed by atoms with Crippen LogP contribution in [0.3, 0.4) is 0 Å². The molecule has 4 heteroatoms. The third-order valence-corrected chi connectivity index (χ3v) is 3.60. The van der Waals surface area contributed by atoms with E-state index in [1.165, 1.54) is 6.07 Å². The Hall–Kier alpha value is -1.13. The van der Waals surface area contributed by atoms with E-state index in [9.17, 15) is 4.39 Å². The van der Waals surface area contributed by atoms with Crippen molar-refractivity contribution < 1.29 is 8.81 Å². The molecule has 2 nitrogen and oxygen atoms in total. The Bertz CT molecular complexity index is 565. The zero-order valence-electron chi connectivity index (χ0n) is 10.6. The quantitative estimate of drug-likeness (QED) is 0.923. The predicted molar refractivity (Wildman–Crippen MR) is 73.2 cm³/mol. The molecule has 0 amide bonds. The molecule has 1 aromatic heterocycles. The van der Waals surface area contributed by atoms with E-state index in [1.54, 1.807) is 6.07 Å². The predicted octanol–water partition coefficient (Wildman–Crippen LogP) is 4.11. The van der Waals surface area contributed by atoms with Crippen LogP contribution in [0.25, 0.3) is 0 Å². The second-order valence-electron chi connectivity index (χ2n) is 4.26. The first-order chi connectivity index (χ1) is 8.52. The molecule has 0 bridgehead atoms. The van der Waals surface area contributed by atoms with Crippen LogP contribution in [-0.4, -0.2) is 7.05 Å². The smallest absolute Gasteiger partial charge is 0.137 e. The topological polar surface area (TPSA) is 25.2 Å². The summed E-state index contributed by atoms with van der Waals surface area (Å²) >= 11 is 3.16. The molecule has 0 saturated heterocycles. The Labute approximate surface area is 114 Å². The first-order valence-corrected chi connectivity index (χ1v) is 6.51. The molecule has 0 aliphatic rings. The number of aryl methyl sites for hydroxylation is 2. The summed E-state index contributed by atoms with van der Waals surface area (Å²) < 4.78 is 19.6. The standard InChI is InChI=1S/C14H15BrFNO/c1-8-6-11(9(2)18-8)14(17-3)10-4-5-12(15)13(16)7-10/h4-7,14,17H,1-3H3. The monoisotopic (exact) mass is 311 g/mol. The summed E-state index contributed by atoms with van der Waals surface area (Å²) in [5, 5.41) is 3.19. The van der Waals surface area contributed by atoms with Crippen molar-refractivity contribution >= 4 is 15.9 Å². The molecule has 2 aromatic rings. The second-order valence-corrected chi connectivity index (χ2v) is 5.12. The SMILES string of the molecule is CNC(c1ccc(Br)c(F)c1)c1cc(C)oc1C. The van der Waals surface area contributed by atoms with E-state index in [2.05, 4.69) is 21.2 Å². The Kier molecular flexibility index (Phi) is 3.88. The molecule has 0 fully saturated rings. The number of hydrogen-bond acceptors (Lipinski definition) is 2. The average molecular weight is 312 g/mol. The molecule has 1 N–H and O–H groups in total. The normalized spacial score (nSPS) is 12.7. The van der Waals surface area contributed by atoms with Gasteiger partial charge in [0.2, 0.25) is 0 Å². The fourth-order valence-electron chi connectivity index (χ4n) is 2.13. The summed E-state index contributed by atoms with van der Waals surface area (Å²) in [7, 11) is 1.85. The van der Waals surface area contributed by atoms with Crippen LogP contribution in [0.1, 0.15) is 28.7 Å². The van der Waals surface area contributed by atoms with Crippen molar-refractivity contribution in [2.24, 2.45) is 0 Å². The Morgan fingerprint density at radius 3 is 2.50 bits per heavy atom. The van der Waals surface area contributed by atoms with Crippen molar-refractivity contribution in [3.05, 3.63) is 57.2 Å². The van der Waals surface area contributed by atoms with Crippen molar-refractivity contribution in [3.63, 3.8) is 0 Å². The molecule has 1 atom stereocenters. The Morgan fingerprint density at radius 1 is 1.28 bits per heavy atom. The lowest BCUT2D eigenvalue weighted by atomic mass is 9.99. The molecular formula is C14H15BrFNO. The minimum Gasteiger partial charge on any atom is -0.466 e. The first-order valence-electron chi connectivity index (χ1n) is 5.72. The minimum atomic E-state index is -0.259. The van der Waals surface area contributed by atoms with Gasteiger partial charge >= 0.3 is 0 Å². The van der Waals surface area contributed by atoms with Crippen molar-refractivity contribution in [1.82, 2.24) is 5.32 Å². The van der Waals surface area contributed by atoms with Crippen LogP contribution in [0.4, 0.5) is 4.39 Å². The van der Waals surface area contributed by atoms with Crippen molar-refractivity contribution in [2.75, 3.05) is 7.05 Å². The van der Waals surface area contributed by atoms with Crippen LogP contribution in [-0.2, 0) is 0 Å². The van der Waals surface area contributed by atoms with E-state index < -0.39 is 0 Å². The summed E-state index contributed by atoms with van der Waals surface area (Å²) in [6.45, 7) is 3.83. The zero-order valence-corrected chi connectivity index (χ0v) is 12.1. The molecule has 1 heterocycles. The van der Waals surface area contributed by atoms with Gasteiger partial charge in [0.1, 0.15) is 17.3 Å². The highest BCUT2D eigenvalue weighted by Crippen LogP contribution is 2.29. The average Bonchev–Trinajstić information content (AvgIpc) is 2.64. The molecule has 0 radical (unpaired) electrons. The number of benzene rings is 1. The van der Waals surface area contributed by atoms with Gasteiger partial charge in [-0.3, -0.25) is 0 Å². The molecule has 0 saturated carbocycles. The van der Waals surface area contributed by atoms with E-state index in [-0.39, 0.29) is 11.9 Å². The fraction of sp³-hybridized carbons (Fsp3) is 0.286. The molecule has 1 aromatic carbocycles. The van der Waals surface area contributed by atoms with Crippen LogP contribution < -0.4 is 5.32 Å². The molecule has 2 rings (SSSR count). The maximum absolute atomic E-state index is 13.6. The van der Waals surface area contributed by atoms with E-state index in [0.29, 0.717) is 4.47 Å². The summed E-state index contributed by atoms with van der Waals surface area (Å²) in [5.74, 6) is 1.46. The molecule has 96 valence electrons. The summed E-state index contributed by atoms with van der Waals surface area (Å²) in [4.78, 5) is 0. The van der Waals surface area contributed by atoms with E-state index in [1.807, 2.05) is 33.0 Å². The maximum atomic E-state index is 13.6. The van der Waals surface area contributed by atoms with E-state index in [0.717, 1.165) is 22.6 Å². The number of nitrogens with one attached hydrogen (secondary N) is 1. The highest BCUT2D eigenvalue weighted by atomic mass is 79.9. The summed E-state index contributed by atoms with van der Waals surface area (Å²) in [6.07, 6.45) is 0. The molecule has 1 unspecified atom stereocenters. The van der Waals surface area contributed by atoms with Gasteiger partial charge in [0, 0.05) is 5.56 Å². The third-order valence-electron chi connectivity index (χ3n) is 2.96. The van der Waals surface area contributed by atoms with Gasteiger partial charge in [-0.25, -0.2) is 4.39 Å². The van der Waals surface area contributed by atoms with Gasteiger partial charge in [-0.2, -0.15) is 0 Å². The zero-order chi connectivity index (χ0) is 13.3. The van der Waals surface area contributed by atoms with Gasteiger partial charge in [0.15, 0.2) is 0 Å². The summed E-state index contributed by atoms with van der Waals surface area (Å²) in [6, 6.07) is 7.07. The number of hydrogen-bond donors (Lipinski definition) is 1. The number of rotatable bonds is 3. The first kappa shape index (κ1) is 13.3. The van der Waals surface area contributed by atoms with Crippen LogP contribution in [0.15, 0.2) is 33.2 Å². The van der Waals surface area contributed by atoms with Gasteiger partial charge in [-0.05, 0) is 60.6 Å². The third kappa shape index (κ3) is 2.49. The van der Waals surface area contributed by atoms with Crippen LogP contribution in [0, 0.1) is 19.7 Å². The van der Waals surface area contributed by atoms with Crippen LogP contribution in [0.2, 0.25) is 0 Å². The van der Waals surface area contributed by atoms with Crippen LogP contribution >= 0.6 is 15.9 Å². The minimum absolute atomic E-state index is 0.0648. The van der Waals surface area contributed by atoms with Crippen molar-refractivity contribution in [1.29, 1.82) is 0 Å². The Morgan fingerprint density at radius 2 is 2.00 bits per heavy atom. The Balaban J connectivity index is 2.45. The lowest BCUT2D eigenvalue weighted by molar-refractivity contribution is 0.496. The van der Waals surface area contributed by atoms with Gasteiger partial charge < -0.3 is 9.73 Å². The van der Waals surface area contributed by atoms with Gasteiger partial charge in [-0.1, -0.05) is 6.07 Å². The van der Waals surface area contributed by atoms with E-state index >= 15 is 0 Å². The highest BCUT2D eigenvalue weighted by Gasteiger charge is 2.18.